The second kappa shape index (κ2) is 7.87. The number of nitrogens with one attached hydrogen (secondary N) is 2. The van der Waals surface area contributed by atoms with Crippen LogP contribution < -0.4 is 14.8 Å². The van der Waals surface area contributed by atoms with Crippen LogP contribution in [0.25, 0.3) is 33.3 Å². The Morgan fingerprint density at radius 2 is 1.88 bits per heavy atom. The van der Waals surface area contributed by atoms with Gasteiger partial charge in [0.05, 0.1) is 33.9 Å². The average molecular weight is 454 g/mol. The Kier molecular flexibility index (Phi) is 4.68. The van der Waals surface area contributed by atoms with Gasteiger partial charge < -0.3 is 14.5 Å². The van der Waals surface area contributed by atoms with Crippen molar-refractivity contribution in [3.8, 4) is 22.8 Å². The van der Waals surface area contributed by atoms with E-state index in [4.69, 9.17) is 14.5 Å². The van der Waals surface area contributed by atoms with E-state index in [2.05, 4.69) is 20.4 Å². The highest BCUT2D eigenvalue weighted by atomic mass is 16.6. The third kappa shape index (κ3) is 3.42. The van der Waals surface area contributed by atoms with Crippen LogP contribution in [0.5, 0.6) is 11.5 Å². The maximum Gasteiger partial charge on any atom is 0.258 e. The molecule has 0 spiro atoms. The van der Waals surface area contributed by atoms with Gasteiger partial charge in [0, 0.05) is 11.6 Å². The standard InChI is InChI=1S/C25H22N6O3/c1-14(2)31-23-17(13-26-31)16(24(32)30-25-28-18-5-3-4-6-19(18)29-25)12-20(27-23)15-7-8-21-22(11-15)34-10-9-33-21/h3-8,11-14H,9-10H2,1-2H3,(H2,28,29,30,32). The zero-order valence-electron chi connectivity index (χ0n) is 18.7. The Hall–Kier alpha value is -4.40. The van der Waals surface area contributed by atoms with Gasteiger partial charge in [-0.3, -0.25) is 10.1 Å². The molecule has 0 unspecified atom stereocenters. The predicted molar refractivity (Wildman–Crippen MR) is 128 cm³/mol. The number of H-pyrrole nitrogens is 1. The van der Waals surface area contributed by atoms with Gasteiger partial charge in [-0.05, 0) is 50.2 Å². The van der Waals surface area contributed by atoms with Gasteiger partial charge >= 0.3 is 0 Å². The number of hydrogen-bond acceptors (Lipinski definition) is 6. The summed E-state index contributed by atoms with van der Waals surface area (Å²) in [6.07, 6.45) is 1.68. The van der Waals surface area contributed by atoms with Crippen molar-refractivity contribution in [1.29, 1.82) is 0 Å². The van der Waals surface area contributed by atoms with Gasteiger partial charge in [-0.1, -0.05) is 12.1 Å². The number of carbonyl (C=O) groups excluding carboxylic acids is 1. The SMILES string of the molecule is CC(C)n1ncc2c(C(=O)Nc3nc4ccccc4[nH]3)cc(-c3ccc4c(c3)OCCO4)nc21. The van der Waals surface area contributed by atoms with Crippen molar-refractivity contribution in [2.75, 3.05) is 18.5 Å². The molecular formula is C25H22N6O3. The molecule has 0 bridgehead atoms. The van der Waals surface area contributed by atoms with Crippen molar-refractivity contribution < 1.29 is 14.3 Å². The van der Waals surface area contributed by atoms with E-state index >= 15 is 0 Å². The van der Waals surface area contributed by atoms with Crippen LogP contribution in [0.4, 0.5) is 5.95 Å². The number of fused-ring (bicyclic) bond motifs is 3. The fourth-order valence-corrected chi connectivity index (χ4v) is 4.12. The summed E-state index contributed by atoms with van der Waals surface area (Å²) in [4.78, 5) is 25.9. The zero-order valence-corrected chi connectivity index (χ0v) is 18.7. The largest absolute Gasteiger partial charge is 0.486 e. The van der Waals surface area contributed by atoms with Crippen LogP contribution in [0.3, 0.4) is 0 Å². The van der Waals surface area contributed by atoms with Gasteiger partial charge in [0.2, 0.25) is 5.95 Å². The molecule has 1 aliphatic heterocycles. The molecule has 34 heavy (non-hydrogen) atoms. The van der Waals surface area contributed by atoms with Crippen LogP contribution in [0.1, 0.15) is 30.2 Å². The van der Waals surface area contributed by atoms with E-state index in [1.807, 2.05) is 61.0 Å². The van der Waals surface area contributed by atoms with Crippen molar-refractivity contribution in [2.45, 2.75) is 19.9 Å². The topological polar surface area (TPSA) is 107 Å². The summed E-state index contributed by atoms with van der Waals surface area (Å²) in [7, 11) is 0. The lowest BCUT2D eigenvalue weighted by molar-refractivity contribution is 0.102. The summed E-state index contributed by atoms with van der Waals surface area (Å²) in [6.45, 7) is 5.07. The molecule has 5 aromatic rings. The molecule has 9 nitrogen and oxygen atoms in total. The first-order valence-electron chi connectivity index (χ1n) is 11.1. The lowest BCUT2D eigenvalue weighted by atomic mass is 10.1. The number of amides is 1. The van der Waals surface area contributed by atoms with Gasteiger partial charge in [0.15, 0.2) is 17.1 Å². The van der Waals surface area contributed by atoms with E-state index in [9.17, 15) is 4.79 Å². The van der Waals surface area contributed by atoms with Crippen molar-refractivity contribution in [1.82, 2.24) is 24.7 Å². The van der Waals surface area contributed by atoms with E-state index in [-0.39, 0.29) is 11.9 Å². The van der Waals surface area contributed by atoms with Crippen molar-refractivity contribution in [2.24, 2.45) is 0 Å². The summed E-state index contributed by atoms with van der Waals surface area (Å²) >= 11 is 0. The van der Waals surface area contributed by atoms with Gasteiger partial charge in [0.1, 0.15) is 13.2 Å². The number of nitrogens with zero attached hydrogens (tertiary/aromatic N) is 4. The highest BCUT2D eigenvalue weighted by Crippen LogP contribution is 2.35. The third-order valence-corrected chi connectivity index (χ3v) is 5.76. The quantitative estimate of drug-likeness (QED) is 0.412. The number of pyridine rings is 1. The van der Waals surface area contributed by atoms with Crippen LogP contribution in [-0.2, 0) is 0 Å². The van der Waals surface area contributed by atoms with Crippen molar-refractivity contribution in [3.63, 3.8) is 0 Å². The minimum absolute atomic E-state index is 0.0757. The minimum atomic E-state index is -0.298. The normalized spacial score (nSPS) is 13.0. The number of imidazole rings is 1. The van der Waals surface area contributed by atoms with Crippen molar-refractivity contribution >= 4 is 33.9 Å². The molecule has 0 radical (unpaired) electrons. The van der Waals surface area contributed by atoms with Crippen LogP contribution in [0.15, 0.2) is 54.7 Å². The predicted octanol–water partition coefficient (Wildman–Crippen LogP) is 4.58. The molecule has 1 amide bonds. The van der Waals surface area contributed by atoms with Gasteiger partial charge in [-0.15, -0.1) is 0 Å². The lowest BCUT2D eigenvalue weighted by Gasteiger charge is -2.19. The Morgan fingerprint density at radius 1 is 1.06 bits per heavy atom. The molecular weight excluding hydrogens is 432 g/mol. The maximum absolute atomic E-state index is 13.4. The smallest absolute Gasteiger partial charge is 0.258 e. The fourth-order valence-electron chi connectivity index (χ4n) is 4.12. The Balaban J connectivity index is 1.45. The van der Waals surface area contributed by atoms with Crippen LogP contribution >= 0.6 is 0 Å². The molecule has 9 heteroatoms. The number of aromatic amines is 1. The summed E-state index contributed by atoms with van der Waals surface area (Å²) in [5, 5.41) is 8.05. The summed E-state index contributed by atoms with van der Waals surface area (Å²) in [6, 6.07) is 15.1. The number of aromatic nitrogens is 5. The molecule has 0 saturated carbocycles. The Bertz CT molecular complexity index is 1520. The third-order valence-electron chi connectivity index (χ3n) is 5.76. The molecule has 6 rings (SSSR count). The molecule has 3 aromatic heterocycles. The Labute approximate surface area is 194 Å². The van der Waals surface area contributed by atoms with Gasteiger partial charge in [-0.25, -0.2) is 14.6 Å². The van der Waals surface area contributed by atoms with Crippen molar-refractivity contribution in [3.05, 3.63) is 60.3 Å². The van der Waals surface area contributed by atoms with E-state index in [1.54, 1.807) is 12.3 Å². The van der Waals surface area contributed by atoms with E-state index < -0.39 is 0 Å². The second-order valence-corrected chi connectivity index (χ2v) is 8.39. The number of benzene rings is 2. The molecule has 0 atom stereocenters. The van der Waals surface area contributed by atoms with E-state index in [0.29, 0.717) is 53.0 Å². The fraction of sp³-hybridized carbons (Fsp3) is 0.200. The summed E-state index contributed by atoms with van der Waals surface area (Å²) in [5.74, 6) is 1.45. The molecule has 0 fully saturated rings. The first-order chi connectivity index (χ1) is 16.6. The van der Waals surface area contributed by atoms with Crippen LogP contribution in [0.2, 0.25) is 0 Å². The number of rotatable bonds is 4. The van der Waals surface area contributed by atoms with E-state index in [0.717, 1.165) is 16.6 Å². The van der Waals surface area contributed by atoms with E-state index in [1.165, 1.54) is 0 Å². The van der Waals surface area contributed by atoms with Crippen LogP contribution in [-0.4, -0.2) is 43.9 Å². The number of anilines is 1. The second-order valence-electron chi connectivity index (χ2n) is 8.39. The zero-order chi connectivity index (χ0) is 23.2. The molecule has 1 aliphatic rings. The average Bonchev–Trinajstić information content (AvgIpc) is 3.46. The molecule has 4 heterocycles. The monoisotopic (exact) mass is 454 g/mol. The highest BCUT2D eigenvalue weighted by Gasteiger charge is 2.21. The summed E-state index contributed by atoms with van der Waals surface area (Å²) < 4.78 is 13.2. The molecule has 2 aromatic carbocycles. The maximum atomic E-state index is 13.4. The van der Waals surface area contributed by atoms with Gasteiger partial charge in [0.25, 0.3) is 5.91 Å². The number of para-hydroxylation sites is 2. The first kappa shape index (κ1) is 20.2. The molecule has 0 aliphatic carbocycles. The van der Waals surface area contributed by atoms with Gasteiger partial charge in [-0.2, -0.15) is 5.10 Å². The number of ether oxygens (including phenoxy) is 2. The molecule has 0 saturated heterocycles. The summed E-state index contributed by atoms with van der Waals surface area (Å²) in [5.41, 5.74) is 4.19. The lowest BCUT2D eigenvalue weighted by Crippen LogP contribution is -2.15. The minimum Gasteiger partial charge on any atom is -0.486 e. The molecule has 2 N–H and O–H groups in total. The molecule has 170 valence electrons. The number of hydrogen-bond donors (Lipinski definition) is 2. The number of carbonyl (C=O) groups is 1. The Morgan fingerprint density at radius 3 is 2.71 bits per heavy atom. The highest BCUT2D eigenvalue weighted by molar-refractivity contribution is 6.12. The van der Waals surface area contributed by atoms with Crippen LogP contribution in [0, 0.1) is 0 Å². The first-order valence-corrected chi connectivity index (χ1v) is 11.1.